The number of sulfonamides is 1. The van der Waals surface area contributed by atoms with Crippen LogP contribution < -0.4 is 10.0 Å². The smallest absolute Gasteiger partial charge is 0.307 e. The van der Waals surface area contributed by atoms with E-state index in [0.29, 0.717) is 19.1 Å². The Morgan fingerprint density at radius 2 is 1.67 bits per heavy atom. The summed E-state index contributed by atoms with van der Waals surface area (Å²) in [6.07, 6.45) is 8.54. The summed E-state index contributed by atoms with van der Waals surface area (Å²) in [5.41, 5.74) is 6.21. The van der Waals surface area contributed by atoms with Crippen LogP contribution in [0.3, 0.4) is 0 Å². The van der Waals surface area contributed by atoms with Crippen LogP contribution >= 0.6 is 0 Å². The summed E-state index contributed by atoms with van der Waals surface area (Å²) in [5.74, 6) is 0. The number of anilines is 1. The van der Waals surface area contributed by atoms with E-state index in [-0.39, 0.29) is 56.8 Å². The van der Waals surface area contributed by atoms with Crippen LogP contribution in [0.4, 0.5) is 10.5 Å². The Hall–Kier alpha value is 0.0364. The average Bonchev–Trinajstić information content (AvgIpc) is 3.24. The summed E-state index contributed by atoms with van der Waals surface area (Å²) >= 11 is 0. The molecule has 1 aromatic carbocycles. The number of likely N-dealkylation sites (tertiary alicyclic amines) is 1. The van der Waals surface area contributed by atoms with Crippen molar-refractivity contribution in [2.45, 2.75) is 76.5 Å². The fourth-order valence-corrected chi connectivity index (χ4v) is 7.02. The Bertz CT molecular complexity index is 938. The first-order chi connectivity index (χ1) is 13.7. The number of nitrogens with one attached hydrogen (secondary N) is 2. The number of urea groups is 1. The van der Waals surface area contributed by atoms with Crippen molar-refractivity contribution in [2.75, 3.05) is 18.4 Å². The number of hydrogen-bond acceptors (Lipinski definition) is 4. The largest absolute Gasteiger partial charge is 0.332 e. The van der Waals surface area contributed by atoms with Gasteiger partial charge in [0.1, 0.15) is 5.25 Å². The van der Waals surface area contributed by atoms with E-state index in [4.69, 9.17) is 0 Å². The fraction of sp³-hybridized carbons (Fsp3) is 0.682. The van der Waals surface area contributed by atoms with Gasteiger partial charge in [-0.2, -0.15) is 0 Å². The number of amides is 2. The fourth-order valence-electron chi connectivity index (χ4n) is 5.77. The van der Waals surface area contributed by atoms with E-state index < -0.39 is 21.3 Å². The van der Waals surface area contributed by atoms with Crippen molar-refractivity contribution in [3.8, 4) is 0 Å². The number of nitrogens with zero attached hydrogens (tertiary/aromatic N) is 1. The van der Waals surface area contributed by atoms with Crippen molar-refractivity contribution < 1.29 is 13.2 Å². The van der Waals surface area contributed by atoms with E-state index >= 15 is 0 Å². The molecule has 8 heteroatoms. The number of aryl methyl sites for hydroxylation is 2. The SMILES string of the molecule is CC1(C)CCC1N1CC(S(=O)(=O)NC(=O)Nc2c3c(cc4c2CCC4)CCC3)C1.[K]. The number of carbonyl (C=O) groups is 1. The summed E-state index contributed by atoms with van der Waals surface area (Å²) in [4.78, 5) is 14.9. The Balaban J connectivity index is 0.00000218. The van der Waals surface area contributed by atoms with Gasteiger partial charge in [0.2, 0.25) is 10.0 Å². The molecule has 0 bridgehead atoms. The second-order valence-electron chi connectivity index (χ2n) is 9.95. The van der Waals surface area contributed by atoms with Crippen molar-refractivity contribution in [2.24, 2.45) is 5.41 Å². The zero-order chi connectivity index (χ0) is 20.4. The zero-order valence-corrected chi connectivity index (χ0v) is 22.3. The molecule has 1 radical (unpaired) electrons. The summed E-state index contributed by atoms with van der Waals surface area (Å²) in [5, 5.41) is 2.43. The van der Waals surface area contributed by atoms with Crippen LogP contribution in [-0.2, 0) is 35.7 Å². The molecular formula is C22H31KN3O3S. The number of rotatable bonds is 4. The number of carbonyl (C=O) groups excluding carboxylic acids is 1. The van der Waals surface area contributed by atoms with E-state index in [2.05, 4.69) is 34.9 Å². The van der Waals surface area contributed by atoms with Gasteiger partial charge in [0.05, 0.1) is 0 Å². The molecule has 1 saturated carbocycles. The molecule has 2 fully saturated rings. The molecule has 3 aliphatic carbocycles. The average molecular weight is 457 g/mol. The molecular weight excluding hydrogens is 425 g/mol. The second-order valence-corrected chi connectivity index (χ2v) is 11.9. The van der Waals surface area contributed by atoms with Crippen molar-refractivity contribution in [1.82, 2.24) is 9.62 Å². The van der Waals surface area contributed by atoms with Crippen LogP contribution in [0.15, 0.2) is 6.07 Å². The number of hydrogen-bond donors (Lipinski definition) is 2. The first-order valence-electron chi connectivity index (χ1n) is 11.0. The van der Waals surface area contributed by atoms with Gasteiger partial charge in [-0.1, -0.05) is 19.9 Å². The second kappa shape index (κ2) is 8.43. The predicted molar refractivity (Wildman–Crippen MR) is 119 cm³/mol. The molecule has 1 aromatic rings. The molecule has 0 aromatic heterocycles. The van der Waals surface area contributed by atoms with Crippen molar-refractivity contribution in [3.05, 3.63) is 28.3 Å². The number of benzene rings is 1. The third-order valence-corrected chi connectivity index (χ3v) is 9.31. The van der Waals surface area contributed by atoms with Gasteiger partial charge in [-0.25, -0.2) is 17.9 Å². The summed E-state index contributed by atoms with van der Waals surface area (Å²) in [6.45, 7) is 5.52. The van der Waals surface area contributed by atoms with E-state index in [9.17, 15) is 13.2 Å². The van der Waals surface area contributed by atoms with Crippen molar-refractivity contribution >= 4 is 73.1 Å². The number of fused-ring (bicyclic) bond motifs is 2. The summed E-state index contributed by atoms with van der Waals surface area (Å²) in [6, 6.07) is 2.16. The van der Waals surface area contributed by atoms with Crippen LogP contribution in [0.1, 0.15) is 61.8 Å². The van der Waals surface area contributed by atoms with Gasteiger partial charge in [-0.15, -0.1) is 0 Å². The van der Waals surface area contributed by atoms with E-state index in [1.165, 1.54) is 28.7 Å². The maximum atomic E-state index is 12.7. The molecule has 2 amide bonds. The molecule has 1 aliphatic heterocycles. The predicted octanol–water partition coefficient (Wildman–Crippen LogP) is 2.61. The van der Waals surface area contributed by atoms with Gasteiger partial charge in [0.25, 0.3) is 0 Å². The van der Waals surface area contributed by atoms with Crippen LogP contribution in [0, 0.1) is 5.41 Å². The standard InChI is InChI=1S/C22H31N3O3S.K/c1-22(2)10-9-19(22)25-12-16(13-25)29(27,28)24-21(26)23-20-17-7-3-5-14(17)11-15-6-4-8-18(15)20;/h11,16,19H,3-10,12-13H2,1-2H3,(H2,23,24,26);. The Labute approximate surface area is 222 Å². The zero-order valence-electron chi connectivity index (χ0n) is 18.4. The minimum atomic E-state index is -3.66. The van der Waals surface area contributed by atoms with Crippen molar-refractivity contribution in [3.63, 3.8) is 0 Å². The minimum absolute atomic E-state index is 0. The Morgan fingerprint density at radius 1 is 1.07 bits per heavy atom. The Kier molecular flexibility index (Phi) is 6.52. The molecule has 1 heterocycles. The third kappa shape index (κ3) is 4.06. The molecule has 1 unspecified atom stereocenters. The van der Waals surface area contributed by atoms with Gasteiger partial charge >= 0.3 is 6.03 Å². The van der Waals surface area contributed by atoms with Crippen LogP contribution in [0.2, 0.25) is 0 Å². The maximum Gasteiger partial charge on any atom is 0.332 e. The Morgan fingerprint density at radius 3 is 2.17 bits per heavy atom. The third-order valence-electron chi connectivity index (χ3n) is 7.67. The minimum Gasteiger partial charge on any atom is -0.307 e. The molecule has 30 heavy (non-hydrogen) atoms. The van der Waals surface area contributed by atoms with Gasteiger partial charge in [-0.05, 0) is 79.0 Å². The molecule has 5 rings (SSSR count). The maximum absolute atomic E-state index is 12.7. The van der Waals surface area contributed by atoms with E-state index in [0.717, 1.165) is 50.6 Å². The van der Waals surface area contributed by atoms with Crippen LogP contribution in [0.5, 0.6) is 0 Å². The molecule has 159 valence electrons. The monoisotopic (exact) mass is 456 g/mol. The quantitative estimate of drug-likeness (QED) is 0.683. The molecule has 0 spiro atoms. The van der Waals surface area contributed by atoms with Gasteiger partial charge in [-0.3, -0.25) is 4.90 Å². The van der Waals surface area contributed by atoms with Gasteiger partial charge < -0.3 is 5.32 Å². The molecule has 4 aliphatic rings. The van der Waals surface area contributed by atoms with E-state index in [1.807, 2.05) is 0 Å². The summed E-state index contributed by atoms with van der Waals surface area (Å²) in [7, 11) is -3.66. The van der Waals surface area contributed by atoms with E-state index in [1.54, 1.807) is 0 Å². The normalized spacial score (nSPS) is 24.8. The molecule has 1 atom stereocenters. The first-order valence-corrected chi connectivity index (χ1v) is 12.5. The summed E-state index contributed by atoms with van der Waals surface area (Å²) < 4.78 is 27.7. The van der Waals surface area contributed by atoms with Crippen LogP contribution in [0.25, 0.3) is 0 Å². The molecule has 1 saturated heterocycles. The molecule has 2 N–H and O–H groups in total. The first kappa shape index (κ1) is 23.2. The topological polar surface area (TPSA) is 78.5 Å². The van der Waals surface area contributed by atoms with Crippen molar-refractivity contribution in [1.29, 1.82) is 0 Å². The van der Waals surface area contributed by atoms with Gasteiger partial charge in [0.15, 0.2) is 0 Å². The van der Waals surface area contributed by atoms with Gasteiger partial charge in [0, 0.05) is 76.2 Å². The molecule has 6 nitrogen and oxygen atoms in total. The van der Waals surface area contributed by atoms with Crippen LogP contribution in [-0.4, -0.2) is 95.1 Å².